The second-order valence-electron chi connectivity index (χ2n) is 5.11. The van der Waals surface area contributed by atoms with Crippen molar-refractivity contribution in [3.05, 3.63) is 41.4 Å². The molecule has 0 saturated carbocycles. The van der Waals surface area contributed by atoms with Crippen LogP contribution in [0.4, 0.5) is 28.4 Å². The Hall–Kier alpha value is -2.27. The maximum absolute atomic E-state index is 6.18. The second-order valence-corrected chi connectivity index (χ2v) is 5.52. The van der Waals surface area contributed by atoms with Gasteiger partial charge in [-0.25, -0.2) is 0 Å². The van der Waals surface area contributed by atoms with Gasteiger partial charge in [0.05, 0.1) is 16.4 Å². The maximum Gasteiger partial charge on any atom is 0.129 e. The summed E-state index contributed by atoms with van der Waals surface area (Å²) in [4.78, 5) is 2.30. The zero-order valence-electron chi connectivity index (χ0n) is 12.7. The average molecular weight is 317 g/mol. The molecule has 0 atom stereocenters. The van der Waals surface area contributed by atoms with Crippen LogP contribution in [0.25, 0.3) is 0 Å². The van der Waals surface area contributed by atoms with E-state index < -0.39 is 0 Å². The first-order valence-corrected chi connectivity index (χ1v) is 7.72. The van der Waals surface area contributed by atoms with Gasteiger partial charge in [-0.1, -0.05) is 11.6 Å². The van der Waals surface area contributed by atoms with Gasteiger partial charge >= 0.3 is 0 Å². The molecule has 2 aromatic rings. The van der Waals surface area contributed by atoms with Gasteiger partial charge in [-0.15, -0.1) is 5.43 Å². The monoisotopic (exact) mass is 316 g/mol. The van der Waals surface area contributed by atoms with Crippen molar-refractivity contribution in [2.24, 2.45) is 0 Å². The van der Waals surface area contributed by atoms with Gasteiger partial charge in [0.2, 0.25) is 0 Å². The number of fused-ring (bicyclic) bond motifs is 1. The highest BCUT2D eigenvalue weighted by molar-refractivity contribution is 6.34. The lowest BCUT2D eigenvalue weighted by Gasteiger charge is -2.22. The summed E-state index contributed by atoms with van der Waals surface area (Å²) in [6, 6.07) is 11.8. The Labute approximate surface area is 135 Å². The minimum absolute atomic E-state index is 0.546. The van der Waals surface area contributed by atoms with E-state index in [0.29, 0.717) is 16.4 Å². The van der Waals surface area contributed by atoms with Gasteiger partial charge in [0.25, 0.3) is 0 Å². The highest BCUT2D eigenvalue weighted by atomic mass is 35.5. The van der Waals surface area contributed by atoms with Crippen molar-refractivity contribution in [1.82, 2.24) is 5.43 Å². The number of halogens is 1. The summed E-state index contributed by atoms with van der Waals surface area (Å²) in [5.41, 5.74) is 17.8. The minimum Gasteiger partial charge on any atom is -0.399 e. The number of rotatable bonds is 4. The Bertz CT molecular complexity index is 667. The fourth-order valence-corrected chi connectivity index (χ4v) is 2.83. The molecular weight excluding hydrogens is 298 g/mol. The smallest absolute Gasteiger partial charge is 0.129 e. The lowest BCUT2D eigenvalue weighted by Crippen LogP contribution is -2.28. The van der Waals surface area contributed by atoms with Gasteiger partial charge in [0.1, 0.15) is 5.69 Å². The van der Waals surface area contributed by atoms with E-state index in [-0.39, 0.29) is 0 Å². The highest BCUT2D eigenvalue weighted by Gasteiger charge is 2.23. The van der Waals surface area contributed by atoms with Crippen molar-refractivity contribution >= 4 is 40.0 Å². The summed E-state index contributed by atoms with van der Waals surface area (Å²) in [6.07, 6.45) is 0. The van der Waals surface area contributed by atoms with Gasteiger partial charge in [0.15, 0.2) is 0 Å². The van der Waals surface area contributed by atoms with E-state index in [1.807, 2.05) is 18.2 Å². The number of hydrazine groups is 1. The van der Waals surface area contributed by atoms with E-state index >= 15 is 0 Å². The lowest BCUT2D eigenvalue weighted by atomic mass is 10.2. The minimum atomic E-state index is 0.546. The first-order chi connectivity index (χ1) is 10.6. The highest BCUT2D eigenvalue weighted by Crippen LogP contribution is 2.39. The fraction of sp³-hybridized carbons (Fsp3) is 0.250. The molecule has 0 spiro atoms. The van der Waals surface area contributed by atoms with E-state index in [1.165, 1.54) is 5.69 Å². The van der Waals surface area contributed by atoms with Crippen LogP contribution in [-0.4, -0.2) is 13.1 Å². The average Bonchev–Trinajstić information content (AvgIpc) is 2.93. The van der Waals surface area contributed by atoms with Crippen molar-refractivity contribution in [3.8, 4) is 0 Å². The zero-order chi connectivity index (χ0) is 15.7. The summed E-state index contributed by atoms with van der Waals surface area (Å²) < 4.78 is 0. The molecule has 115 valence electrons. The molecule has 1 radical (unpaired) electrons. The van der Waals surface area contributed by atoms with Gasteiger partial charge in [-0.05, 0) is 50.2 Å². The van der Waals surface area contributed by atoms with Crippen LogP contribution in [0.5, 0.6) is 0 Å². The molecule has 0 fully saturated rings. The molecule has 0 unspecified atom stereocenters. The lowest BCUT2D eigenvalue weighted by molar-refractivity contribution is 0.857. The molecule has 1 heterocycles. The van der Waals surface area contributed by atoms with Crippen molar-refractivity contribution in [1.29, 1.82) is 0 Å². The number of nitrogens with two attached hydrogens (primary N) is 1. The van der Waals surface area contributed by atoms with E-state index in [2.05, 4.69) is 41.7 Å². The van der Waals surface area contributed by atoms with Crippen LogP contribution in [0.3, 0.4) is 0 Å². The molecule has 22 heavy (non-hydrogen) atoms. The third kappa shape index (κ3) is 2.60. The number of nitrogens with zero attached hydrogens (tertiary/aromatic N) is 3. The maximum atomic E-state index is 6.18. The fourth-order valence-electron chi connectivity index (χ4n) is 2.56. The molecule has 3 N–H and O–H groups in total. The molecule has 1 aliphatic rings. The van der Waals surface area contributed by atoms with E-state index in [4.69, 9.17) is 17.3 Å². The number of hydrogen-bond donors (Lipinski definition) is 2. The first kappa shape index (κ1) is 14.7. The van der Waals surface area contributed by atoms with Gasteiger partial charge in [0, 0.05) is 24.5 Å². The Morgan fingerprint density at radius 1 is 1.18 bits per heavy atom. The quantitative estimate of drug-likeness (QED) is 0.843. The largest absolute Gasteiger partial charge is 0.399 e. The van der Waals surface area contributed by atoms with Crippen LogP contribution in [-0.2, 0) is 0 Å². The molecular formula is C16H19ClN5. The SMILES string of the molecule is CCN(CC)c1ccc(N2[N]c3c(Cl)cc(N)cc3N2)cc1. The third-order valence-electron chi connectivity index (χ3n) is 3.73. The van der Waals surface area contributed by atoms with Crippen molar-refractivity contribution in [2.45, 2.75) is 13.8 Å². The van der Waals surface area contributed by atoms with Gasteiger partial charge in [-0.2, -0.15) is 5.12 Å². The van der Waals surface area contributed by atoms with E-state index in [9.17, 15) is 0 Å². The summed E-state index contributed by atoms with van der Waals surface area (Å²) in [5, 5.41) is 2.26. The summed E-state index contributed by atoms with van der Waals surface area (Å²) in [5.74, 6) is 0. The second kappa shape index (κ2) is 5.85. The number of anilines is 4. The molecule has 0 aliphatic carbocycles. The summed E-state index contributed by atoms with van der Waals surface area (Å²) in [7, 11) is 0. The third-order valence-corrected chi connectivity index (χ3v) is 4.02. The molecule has 0 saturated heterocycles. The molecule has 5 nitrogen and oxygen atoms in total. The Morgan fingerprint density at radius 2 is 1.86 bits per heavy atom. The molecule has 0 bridgehead atoms. The predicted molar refractivity (Wildman–Crippen MR) is 93.8 cm³/mol. The number of hydrogen-bond acceptors (Lipinski definition) is 4. The van der Waals surface area contributed by atoms with E-state index in [1.54, 1.807) is 11.2 Å². The first-order valence-electron chi connectivity index (χ1n) is 7.34. The Morgan fingerprint density at radius 3 is 2.50 bits per heavy atom. The molecule has 6 heteroatoms. The van der Waals surface area contributed by atoms with Crippen LogP contribution in [0.1, 0.15) is 13.8 Å². The van der Waals surface area contributed by atoms with Crippen LogP contribution >= 0.6 is 11.6 Å². The van der Waals surface area contributed by atoms with Gasteiger partial charge in [-0.3, -0.25) is 5.43 Å². The number of nitrogen functional groups attached to an aromatic ring is 1. The molecule has 0 amide bonds. The Kier molecular flexibility index (Phi) is 3.90. The summed E-state index contributed by atoms with van der Waals surface area (Å²) in [6.45, 7) is 6.28. The Balaban J connectivity index is 1.81. The van der Waals surface area contributed by atoms with E-state index in [0.717, 1.165) is 24.5 Å². The van der Waals surface area contributed by atoms with Crippen LogP contribution in [0.15, 0.2) is 36.4 Å². The number of benzene rings is 2. The summed E-state index contributed by atoms with van der Waals surface area (Å²) >= 11 is 6.18. The molecule has 0 aromatic heterocycles. The van der Waals surface area contributed by atoms with Crippen molar-refractivity contribution in [3.63, 3.8) is 0 Å². The topological polar surface area (TPSA) is 58.6 Å². The molecule has 2 aromatic carbocycles. The normalized spacial score (nSPS) is 12.6. The van der Waals surface area contributed by atoms with Crippen LogP contribution in [0.2, 0.25) is 5.02 Å². The van der Waals surface area contributed by atoms with Crippen molar-refractivity contribution in [2.75, 3.05) is 34.3 Å². The number of nitrogens with one attached hydrogen (secondary N) is 1. The predicted octanol–water partition coefficient (Wildman–Crippen LogP) is 3.77. The molecule has 3 rings (SSSR count). The van der Waals surface area contributed by atoms with Crippen LogP contribution < -0.4 is 26.6 Å². The zero-order valence-corrected chi connectivity index (χ0v) is 13.4. The molecule has 1 aliphatic heterocycles. The van der Waals surface area contributed by atoms with Crippen molar-refractivity contribution < 1.29 is 0 Å². The standard InChI is InChI=1S/C16H19ClN5/c1-3-21(4-2)12-5-7-13(8-6-12)22-19-15-10-11(18)9-14(17)16(15)20-22/h5-10,19H,3-4,18H2,1-2H3. The van der Waals surface area contributed by atoms with Gasteiger partial charge < -0.3 is 10.6 Å². The van der Waals surface area contributed by atoms with Crippen LogP contribution in [0, 0.1) is 0 Å².